The molecule has 3 saturated carbocycles. The van der Waals surface area contributed by atoms with Crippen LogP contribution in [-0.2, 0) is 19.1 Å². The van der Waals surface area contributed by atoms with Crippen molar-refractivity contribution in [2.75, 3.05) is 19.0 Å². The number of hydrogen-bond acceptors (Lipinski definition) is 10. The van der Waals surface area contributed by atoms with E-state index in [1.54, 1.807) is 0 Å². The molecule has 4 heterocycles. The maximum atomic E-state index is 14.8. The minimum atomic E-state index is -0.627. The average Bonchev–Trinajstić information content (AvgIpc) is 3.96. The molecular formula is C43H61N3O5S2. The Bertz CT molecular complexity index is 1620. The highest BCUT2D eigenvalue weighted by Gasteiger charge is 2.70. The molecule has 10 heteroatoms. The summed E-state index contributed by atoms with van der Waals surface area (Å²) in [5, 5.41) is 21.6. The largest absolute Gasteiger partial charge is 0.427 e. The SMILES string of the molecule is CCC1(C=C2OC(=O)C3=C2CC[C@@H]2[C@@H]3[C@]34CC[C@H]2C2=C3C(=O)OC4=CC[C@@H](C)[C@H](NC[C@H](C)O)SSCNC3CC(CCN3)C23CCCC3)CCCC1. The minimum Gasteiger partial charge on any atom is -0.427 e. The molecule has 0 aromatic carbocycles. The molecule has 0 radical (unpaired) electrons. The molecule has 10 rings (SSSR count). The lowest BCUT2D eigenvalue weighted by molar-refractivity contribution is -0.135. The van der Waals surface area contributed by atoms with Crippen molar-refractivity contribution in [3.63, 3.8) is 0 Å². The summed E-state index contributed by atoms with van der Waals surface area (Å²) >= 11 is 0. The molecule has 7 bridgehead atoms. The van der Waals surface area contributed by atoms with Crippen LogP contribution in [0.3, 0.4) is 0 Å². The number of rotatable bonds is 5. The topological polar surface area (TPSA) is 109 Å². The van der Waals surface area contributed by atoms with Crippen molar-refractivity contribution >= 4 is 33.5 Å². The summed E-state index contributed by atoms with van der Waals surface area (Å²) in [6.07, 6.45) is 21.7. The Kier molecular flexibility index (Phi) is 10.1. The quantitative estimate of drug-likeness (QED) is 0.163. The predicted octanol–water partition coefficient (Wildman–Crippen LogP) is 8.02. The molecule has 6 aliphatic carbocycles. The molecule has 8 nitrogen and oxygen atoms in total. The number of esters is 2. The second kappa shape index (κ2) is 14.4. The lowest BCUT2D eigenvalue weighted by atomic mass is 9.41. The zero-order chi connectivity index (χ0) is 36.5. The van der Waals surface area contributed by atoms with Gasteiger partial charge in [0.1, 0.15) is 11.5 Å². The van der Waals surface area contributed by atoms with E-state index >= 15 is 0 Å². The highest BCUT2D eigenvalue weighted by atomic mass is 33.1. The van der Waals surface area contributed by atoms with E-state index in [0.717, 1.165) is 118 Å². The number of ether oxygens (including phenoxy) is 2. The van der Waals surface area contributed by atoms with Crippen molar-refractivity contribution in [3.05, 3.63) is 46.0 Å². The van der Waals surface area contributed by atoms with Crippen LogP contribution in [0.1, 0.15) is 124 Å². The summed E-state index contributed by atoms with van der Waals surface area (Å²) in [6, 6.07) is 0. The summed E-state index contributed by atoms with van der Waals surface area (Å²) < 4.78 is 13.0. The minimum absolute atomic E-state index is 0.00127. The molecule has 5 fully saturated rings. The van der Waals surface area contributed by atoms with Gasteiger partial charge in [-0.05, 0) is 143 Å². The molecule has 0 amide bonds. The van der Waals surface area contributed by atoms with Crippen molar-refractivity contribution in [3.8, 4) is 0 Å². The monoisotopic (exact) mass is 763 g/mol. The number of aliphatic hydroxyl groups is 1. The van der Waals surface area contributed by atoms with Crippen LogP contribution in [0.15, 0.2) is 46.0 Å². The van der Waals surface area contributed by atoms with E-state index < -0.39 is 11.5 Å². The first-order valence-corrected chi connectivity index (χ1v) is 23.6. The number of cyclic esters (lactones) is 1. The van der Waals surface area contributed by atoms with Crippen LogP contribution in [0.5, 0.6) is 0 Å². The van der Waals surface area contributed by atoms with E-state index in [-0.39, 0.29) is 46.1 Å². The third kappa shape index (κ3) is 6.00. The number of aliphatic hydroxyl groups excluding tert-OH is 1. The Labute approximate surface area is 324 Å². The maximum Gasteiger partial charge on any atom is 0.340 e. The normalized spacial score (nSPS) is 40.3. The maximum absolute atomic E-state index is 14.8. The molecule has 10 aliphatic rings. The fourth-order valence-electron chi connectivity index (χ4n) is 13.2. The lowest BCUT2D eigenvalue weighted by Gasteiger charge is -2.60. The van der Waals surface area contributed by atoms with E-state index in [2.05, 4.69) is 41.9 Å². The lowest BCUT2D eigenvalue weighted by Crippen LogP contribution is -2.57. The van der Waals surface area contributed by atoms with Crippen molar-refractivity contribution < 1.29 is 24.2 Å². The van der Waals surface area contributed by atoms with Crippen LogP contribution >= 0.6 is 21.6 Å². The van der Waals surface area contributed by atoms with Crippen LogP contribution < -0.4 is 16.0 Å². The molecule has 2 unspecified atom stereocenters. The zero-order valence-electron chi connectivity index (χ0n) is 32.1. The molecule has 0 aromatic heterocycles. The second-order valence-corrected chi connectivity index (χ2v) is 20.8. The molecular weight excluding hydrogens is 703 g/mol. The molecule has 2 saturated heterocycles. The van der Waals surface area contributed by atoms with Gasteiger partial charge in [-0.2, -0.15) is 0 Å². The average molecular weight is 764 g/mol. The first-order valence-electron chi connectivity index (χ1n) is 21.2. The van der Waals surface area contributed by atoms with Gasteiger partial charge in [0.25, 0.3) is 0 Å². The van der Waals surface area contributed by atoms with E-state index in [0.29, 0.717) is 24.3 Å². The Morgan fingerprint density at radius 2 is 1.83 bits per heavy atom. The number of carbonyl (C=O) groups excluding carboxylic acids is 2. The third-order valence-corrected chi connectivity index (χ3v) is 18.3. The second-order valence-electron chi connectivity index (χ2n) is 18.3. The fourth-order valence-corrected chi connectivity index (χ4v) is 15.8. The van der Waals surface area contributed by atoms with E-state index in [9.17, 15) is 14.7 Å². The molecule has 4 aliphatic heterocycles. The Balaban J connectivity index is 1.21. The molecule has 0 aromatic rings. The number of nitrogens with one attached hydrogen (secondary N) is 3. The van der Waals surface area contributed by atoms with Crippen molar-refractivity contribution in [2.45, 2.75) is 141 Å². The summed E-state index contributed by atoms with van der Waals surface area (Å²) in [7, 11) is 3.68. The van der Waals surface area contributed by atoms with Crippen LogP contribution in [0.4, 0.5) is 0 Å². The molecule has 2 spiro atoms. The van der Waals surface area contributed by atoms with Crippen LogP contribution in [0.2, 0.25) is 0 Å². The Morgan fingerprint density at radius 1 is 1.04 bits per heavy atom. The fraction of sp³-hybridized carbons (Fsp3) is 0.767. The summed E-state index contributed by atoms with van der Waals surface area (Å²) in [5.74, 6) is 3.40. The summed E-state index contributed by atoms with van der Waals surface area (Å²) in [5.41, 5.74) is 3.91. The van der Waals surface area contributed by atoms with Gasteiger partial charge in [-0.15, -0.1) is 0 Å². The van der Waals surface area contributed by atoms with Gasteiger partial charge >= 0.3 is 11.9 Å². The van der Waals surface area contributed by atoms with Crippen LogP contribution in [0, 0.1) is 45.8 Å². The molecule has 9 atom stereocenters. The van der Waals surface area contributed by atoms with Gasteiger partial charge in [0.15, 0.2) is 0 Å². The van der Waals surface area contributed by atoms with Crippen LogP contribution in [0.25, 0.3) is 0 Å². The standard InChI is InChI=1S/C43H61N3O5S2/c1-4-41(15-5-6-16-41)22-31-30-11-10-28-29-13-19-43(35(28)34(30)39(48)50-31)32-12-9-25(2)38(45-23-26(3)47)53-52-24-46-33-21-27(14-20-44-33)42(17-7-8-18-42)36(29)37(43)40(49)51-32/h12,22,25-29,33,35,38,44-47H,4-11,13-21,23-24H2,1-3H3/t25-,26+,27?,28+,29-,33?,35+,38-,43-/m1/s1. The van der Waals surface area contributed by atoms with Gasteiger partial charge in [-0.25, -0.2) is 9.59 Å². The molecule has 53 heavy (non-hydrogen) atoms. The molecule has 290 valence electrons. The number of piperidine rings is 1. The smallest absolute Gasteiger partial charge is 0.340 e. The Morgan fingerprint density at radius 3 is 2.60 bits per heavy atom. The van der Waals surface area contributed by atoms with Gasteiger partial charge in [0, 0.05) is 23.6 Å². The number of carbonyl (C=O) groups is 2. The molecule has 4 N–H and O–H groups in total. The Hall–Kier alpha value is -1.56. The summed E-state index contributed by atoms with van der Waals surface area (Å²) in [6.45, 7) is 7.88. The van der Waals surface area contributed by atoms with Gasteiger partial charge in [-0.1, -0.05) is 61.1 Å². The highest BCUT2D eigenvalue weighted by molar-refractivity contribution is 8.76. The van der Waals surface area contributed by atoms with Gasteiger partial charge in [0.05, 0.1) is 34.5 Å². The zero-order valence-corrected chi connectivity index (χ0v) is 33.7. The third-order valence-electron chi connectivity index (χ3n) is 15.7. The summed E-state index contributed by atoms with van der Waals surface area (Å²) in [4.78, 5) is 29.2. The number of allylic oxidation sites excluding steroid dienone is 5. The van der Waals surface area contributed by atoms with Gasteiger partial charge < -0.3 is 25.2 Å². The van der Waals surface area contributed by atoms with Gasteiger partial charge in [-0.3, -0.25) is 5.32 Å². The van der Waals surface area contributed by atoms with Crippen molar-refractivity contribution in [1.29, 1.82) is 0 Å². The van der Waals surface area contributed by atoms with E-state index in [4.69, 9.17) is 9.47 Å². The predicted molar refractivity (Wildman–Crippen MR) is 211 cm³/mol. The van der Waals surface area contributed by atoms with E-state index in [1.165, 1.54) is 31.3 Å². The first-order chi connectivity index (χ1) is 25.7. The van der Waals surface area contributed by atoms with Crippen LogP contribution in [-0.4, -0.2) is 53.7 Å². The first kappa shape index (κ1) is 37.0. The van der Waals surface area contributed by atoms with Crippen molar-refractivity contribution in [2.24, 2.45) is 45.8 Å². The van der Waals surface area contributed by atoms with Crippen molar-refractivity contribution in [1.82, 2.24) is 16.0 Å². The van der Waals surface area contributed by atoms with Gasteiger partial charge in [0.2, 0.25) is 0 Å². The highest BCUT2D eigenvalue weighted by Crippen LogP contribution is 2.74. The number of fused-ring (bicyclic) bond motifs is 4. The van der Waals surface area contributed by atoms with E-state index in [1.807, 2.05) is 28.5 Å². The number of hydrogen-bond donors (Lipinski definition) is 4.